The van der Waals surface area contributed by atoms with Crippen molar-refractivity contribution in [2.75, 3.05) is 13.7 Å². The molecular weight excluding hydrogens is 375 g/mol. The maximum Gasteiger partial charge on any atom is 0.573 e. The van der Waals surface area contributed by atoms with Crippen molar-refractivity contribution in [3.8, 4) is 11.5 Å². The van der Waals surface area contributed by atoms with E-state index in [2.05, 4.69) is 16.9 Å². The van der Waals surface area contributed by atoms with Gasteiger partial charge < -0.3 is 19.1 Å². The van der Waals surface area contributed by atoms with Crippen molar-refractivity contribution < 1.29 is 32.2 Å². The summed E-state index contributed by atoms with van der Waals surface area (Å²) >= 11 is 0. The van der Waals surface area contributed by atoms with Gasteiger partial charge in [0.2, 0.25) is 0 Å². The quantitative estimate of drug-likeness (QED) is 0.685. The second kappa shape index (κ2) is 4.78. The van der Waals surface area contributed by atoms with Crippen LogP contribution in [-0.2, 0) is 16.6 Å². The first-order chi connectivity index (χ1) is 13.3. The van der Waals surface area contributed by atoms with E-state index in [9.17, 15) is 18.0 Å². The third kappa shape index (κ3) is 1.73. The monoisotopic (exact) mass is 393 g/mol. The minimum absolute atomic E-state index is 0.0390. The lowest BCUT2D eigenvalue weighted by molar-refractivity contribution is -0.275. The van der Waals surface area contributed by atoms with Gasteiger partial charge in [-0.25, -0.2) is 4.79 Å². The van der Waals surface area contributed by atoms with E-state index in [4.69, 9.17) is 9.47 Å². The fraction of sp³-hybridized carbons (Fsp3) is 0.550. The molecule has 28 heavy (non-hydrogen) atoms. The molecule has 1 aromatic rings. The summed E-state index contributed by atoms with van der Waals surface area (Å²) in [5.74, 6) is 0.0906. The molecule has 2 spiro atoms. The summed E-state index contributed by atoms with van der Waals surface area (Å²) in [5, 5.41) is 0. The predicted octanol–water partition coefficient (Wildman–Crippen LogP) is 3.56. The van der Waals surface area contributed by atoms with E-state index in [1.807, 2.05) is 0 Å². The Morgan fingerprint density at radius 3 is 2.93 bits per heavy atom. The largest absolute Gasteiger partial charge is 0.573 e. The molecule has 2 aliphatic heterocycles. The lowest BCUT2D eigenvalue weighted by Crippen LogP contribution is -2.65. The van der Waals surface area contributed by atoms with Gasteiger partial charge in [-0.05, 0) is 24.5 Å². The van der Waals surface area contributed by atoms with Crippen molar-refractivity contribution in [2.45, 2.75) is 43.2 Å². The molecule has 2 bridgehead atoms. The van der Waals surface area contributed by atoms with Crippen molar-refractivity contribution >= 4 is 6.09 Å². The van der Waals surface area contributed by atoms with Crippen LogP contribution in [0.4, 0.5) is 18.0 Å². The summed E-state index contributed by atoms with van der Waals surface area (Å²) in [6.07, 6.45) is 0.893. The lowest BCUT2D eigenvalue weighted by Gasteiger charge is -2.61. The fourth-order valence-corrected chi connectivity index (χ4v) is 6.89. The highest BCUT2D eigenvalue weighted by atomic mass is 19.4. The van der Waals surface area contributed by atoms with E-state index >= 15 is 0 Å². The average Bonchev–Trinajstić information content (AvgIpc) is 2.99. The molecule has 4 unspecified atom stereocenters. The molecule has 148 valence electrons. The first-order valence-electron chi connectivity index (χ1n) is 9.40. The minimum atomic E-state index is -4.77. The number of likely N-dealkylation sites (tertiary alicyclic amines) is 1. The number of alkyl halides is 3. The van der Waals surface area contributed by atoms with Gasteiger partial charge >= 0.3 is 12.5 Å². The molecule has 0 radical (unpaired) electrons. The molecule has 1 aromatic carbocycles. The topological polar surface area (TPSA) is 48.0 Å². The van der Waals surface area contributed by atoms with Gasteiger partial charge in [0.15, 0.2) is 11.5 Å². The molecule has 3 aliphatic carbocycles. The molecule has 1 amide bonds. The fourth-order valence-electron chi connectivity index (χ4n) is 6.89. The van der Waals surface area contributed by atoms with Crippen LogP contribution in [0.25, 0.3) is 0 Å². The number of halogens is 3. The van der Waals surface area contributed by atoms with E-state index in [1.165, 1.54) is 13.2 Å². The summed E-state index contributed by atoms with van der Waals surface area (Å²) in [4.78, 5) is 14.2. The Morgan fingerprint density at radius 1 is 1.36 bits per heavy atom. The molecule has 8 heteroatoms. The minimum Gasteiger partial charge on any atom is -0.485 e. The third-order valence-electron chi connectivity index (χ3n) is 7.42. The van der Waals surface area contributed by atoms with Gasteiger partial charge in [-0.15, -0.1) is 13.2 Å². The van der Waals surface area contributed by atoms with Crippen LogP contribution in [0.15, 0.2) is 24.3 Å². The number of methoxy groups -OCH3 is 1. The van der Waals surface area contributed by atoms with Gasteiger partial charge in [-0.3, -0.25) is 0 Å². The number of benzene rings is 1. The number of hydrogen-bond donors (Lipinski definition) is 0. The summed E-state index contributed by atoms with van der Waals surface area (Å²) in [6, 6.07) is 2.99. The average molecular weight is 393 g/mol. The van der Waals surface area contributed by atoms with Crippen molar-refractivity contribution in [3.63, 3.8) is 0 Å². The molecule has 5 nitrogen and oxygen atoms in total. The third-order valence-corrected chi connectivity index (χ3v) is 7.42. The Bertz CT molecular complexity index is 944. The Morgan fingerprint density at radius 2 is 2.18 bits per heavy atom. The van der Waals surface area contributed by atoms with Crippen molar-refractivity contribution in [1.82, 2.24) is 4.90 Å². The number of rotatable bonds is 1. The predicted molar refractivity (Wildman–Crippen MR) is 90.1 cm³/mol. The SMILES string of the molecule is COC(=O)N1CC23C=CC[C@@H]4Oc5c(OC(F)(F)F)ccc6c5C4(C2)C3C1C6. The number of hydrogen-bond acceptors (Lipinski definition) is 4. The molecule has 0 N–H and O–H groups in total. The number of ether oxygens (including phenoxy) is 3. The van der Waals surface area contributed by atoms with Crippen molar-refractivity contribution in [3.05, 3.63) is 35.4 Å². The van der Waals surface area contributed by atoms with Crippen LogP contribution in [0.3, 0.4) is 0 Å². The Balaban J connectivity index is 1.54. The van der Waals surface area contributed by atoms with Gasteiger partial charge in [0.25, 0.3) is 0 Å². The summed E-state index contributed by atoms with van der Waals surface area (Å²) in [6.45, 7) is 0.579. The van der Waals surface area contributed by atoms with Gasteiger partial charge in [0.1, 0.15) is 6.10 Å². The van der Waals surface area contributed by atoms with Crippen molar-refractivity contribution in [2.24, 2.45) is 11.3 Å². The maximum atomic E-state index is 12.9. The van der Waals surface area contributed by atoms with Gasteiger partial charge in [0.05, 0.1) is 7.11 Å². The molecule has 2 heterocycles. The molecule has 0 aromatic heterocycles. The molecule has 1 saturated heterocycles. The van der Waals surface area contributed by atoms with E-state index in [-0.39, 0.29) is 46.5 Å². The second-order valence-corrected chi connectivity index (χ2v) is 8.52. The van der Waals surface area contributed by atoms with Crippen LogP contribution < -0.4 is 9.47 Å². The number of carbonyl (C=O) groups excluding carboxylic acids is 1. The molecule has 1 saturated carbocycles. The van der Waals surface area contributed by atoms with Gasteiger partial charge in [-0.2, -0.15) is 0 Å². The number of amides is 1. The number of nitrogens with zero attached hydrogens (tertiary/aromatic N) is 1. The van der Waals surface area contributed by atoms with Crippen molar-refractivity contribution in [1.29, 1.82) is 0 Å². The van der Waals surface area contributed by atoms with Crippen LogP contribution in [-0.4, -0.2) is 43.2 Å². The normalized spacial score (nSPS) is 38.3. The zero-order valence-electron chi connectivity index (χ0n) is 15.1. The summed E-state index contributed by atoms with van der Waals surface area (Å²) in [7, 11) is 1.38. The van der Waals surface area contributed by atoms with Crippen LogP contribution in [0.5, 0.6) is 11.5 Å². The molecule has 2 fully saturated rings. The smallest absolute Gasteiger partial charge is 0.485 e. The van der Waals surface area contributed by atoms with E-state index in [0.29, 0.717) is 19.4 Å². The molecule has 5 atom stereocenters. The molecule has 6 rings (SSSR count). The summed E-state index contributed by atoms with van der Waals surface area (Å²) in [5.41, 5.74) is 1.29. The van der Waals surface area contributed by atoms with E-state index in [0.717, 1.165) is 17.5 Å². The van der Waals surface area contributed by atoms with Crippen LogP contribution in [0.1, 0.15) is 24.0 Å². The zero-order chi connectivity index (χ0) is 19.5. The van der Waals surface area contributed by atoms with Crippen LogP contribution >= 0.6 is 0 Å². The Labute approximate surface area is 159 Å². The molecular formula is C20H18F3NO4. The maximum absolute atomic E-state index is 12.9. The van der Waals surface area contributed by atoms with Gasteiger partial charge in [-0.1, -0.05) is 18.2 Å². The summed E-state index contributed by atoms with van der Waals surface area (Å²) < 4.78 is 54.1. The van der Waals surface area contributed by atoms with Gasteiger partial charge in [0, 0.05) is 41.3 Å². The second-order valence-electron chi connectivity index (χ2n) is 8.52. The standard InChI is InChI=1S/C20H18F3NO4/c1-26-17(25)24-9-18-6-2-3-13-19(8-18)14-10(7-11(24)16(18)19)4-5-12(15(14)27-13)28-20(21,22)23/h2,4-6,11,13,16H,3,7-9H2,1H3/t11?,13-,16?,18?,19?/m0/s1. The van der Waals surface area contributed by atoms with E-state index in [1.54, 1.807) is 11.0 Å². The first-order valence-corrected chi connectivity index (χ1v) is 9.40. The Hall–Kier alpha value is -2.38. The Kier molecular flexibility index (Phi) is 2.83. The van der Waals surface area contributed by atoms with E-state index < -0.39 is 6.36 Å². The highest BCUT2D eigenvalue weighted by Crippen LogP contribution is 2.76. The highest BCUT2D eigenvalue weighted by molar-refractivity contribution is 5.72. The van der Waals surface area contributed by atoms with Crippen LogP contribution in [0.2, 0.25) is 0 Å². The zero-order valence-corrected chi connectivity index (χ0v) is 15.1. The highest BCUT2D eigenvalue weighted by Gasteiger charge is 2.78. The first kappa shape index (κ1) is 16.6. The van der Waals surface area contributed by atoms with Crippen LogP contribution in [0, 0.1) is 11.3 Å². The lowest BCUT2D eigenvalue weighted by atomic mass is 9.40. The number of carbonyl (C=O) groups is 1. The molecule has 5 aliphatic rings.